The molecular formula is C17H24ClF3N2O. The lowest BCUT2D eigenvalue weighted by atomic mass is 9.97. The van der Waals surface area contributed by atoms with Crippen molar-refractivity contribution < 1.29 is 18.0 Å². The molecule has 1 aliphatic heterocycles. The second kappa shape index (κ2) is 9.28. The SMILES string of the molecule is CC(Cc1ccc(C(F)(F)F)cc1)C(=O)NCC1CCCNC1.Cl. The van der Waals surface area contributed by atoms with Gasteiger partial charge in [-0.15, -0.1) is 12.4 Å². The lowest BCUT2D eigenvalue weighted by Crippen LogP contribution is -2.40. The summed E-state index contributed by atoms with van der Waals surface area (Å²) in [6, 6.07) is 5.01. The molecule has 1 aliphatic rings. The molecule has 1 heterocycles. The summed E-state index contributed by atoms with van der Waals surface area (Å²) in [5.74, 6) is 0.157. The van der Waals surface area contributed by atoms with Gasteiger partial charge >= 0.3 is 6.18 Å². The summed E-state index contributed by atoms with van der Waals surface area (Å²) in [5.41, 5.74) is 0.0723. The van der Waals surface area contributed by atoms with Crippen molar-refractivity contribution in [2.45, 2.75) is 32.4 Å². The largest absolute Gasteiger partial charge is 0.416 e. The number of carbonyl (C=O) groups excluding carboxylic acids is 1. The topological polar surface area (TPSA) is 41.1 Å². The van der Waals surface area contributed by atoms with Gasteiger partial charge in [0.2, 0.25) is 5.91 Å². The molecule has 24 heavy (non-hydrogen) atoms. The van der Waals surface area contributed by atoms with Crippen LogP contribution in [0.15, 0.2) is 24.3 Å². The molecule has 0 aliphatic carbocycles. The standard InChI is InChI=1S/C17H23F3N2O.ClH/c1-12(16(23)22-11-14-3-2-8-21-10-14)9-13-4-6-15(7-5-13)17(18,19)20;/h4-7,12,14,21H,2-3,8-11H2,1H3,(H,22,23);1H. The van der Waals surface area contributed by atoms with Crippen LogP contribution in [0.25, 0.3) is 0 Å². The van der Waals surface area contributed by atoms with Crippen molar-refractivity contribution in [2.75, 3.05) is 19.6 Å². The molecule has 1 amide bonds. The first-order valence-electron chi connectivity index (χ1n) is 8.01. The molecular weight excluding hydrogens is 341 g/mol. The van der Waals surface area contributed by atoms with Gasteiger partial charge in [0.15, 0.2) is 0 Å². The summed E-state index contributed by atoms with van der Waals surface area (Å²) in [6.45, 7) is 4.41. The number of amides is 1. The Balaban J connectivity index is 0.00000288. The molecule has 2 rings (SSSR count). The molecule has 0 aromatic heterocycles. The maximum absolute atomic E-state index is 12.5. The van der Waals surface area contributed by atoms with E-state index in [0.717, 1.165) is 43.6 Å². The van der Waals surface area contributed by atoms with E-state index in [1.165, 1.54) is 12.1 Å². The van der Waals surface area contributed by atoms with Crippen LogP contribution in [0.4, 0.5) is 13.2 Å². The summed E-state index contributed by atoms with van der Waals surface area (Å²) in [7, 11) is 0. The minimum atomic E-state index is -4.32. The summed E-state index contributed by atoms with van der Waals surface area (Å²) >= 11 is 0. The zero-order valence-corrected chi connectivity index (χ0v) is 14.5. The molecule has 0 radical (unpaired) electrons. The van der Waals surface area contributed by atoms with Crippen LogP contribution in [0.1, 0.15) is 30.9 Å². The van der Waals surface area contributed by atoms with Gasteiger partial charge in [-0.3, -0.25) is 4.79 Å². The molecule has 7 heteroatoms. The normalized spacial score (nSPS) is 19.2. The van der Waals surface area contributed by atoms with Gasteiger partial charge in [-0.25, -0.2) is 0 Å². The first-order valence-corrected chi connectivity index (χ1v) is 8.01. The van der Waals surface area contributed by atoms with Gasteiger partial charge < -0.3 is 10.6 Å². The van der Waals surface area contributed by atoms with Crippen molar-refractivity contribution in [3.8, 4) is 0 Å². The summed E-state index contributed by atoms with van der Waals surface area (Å²) in [6.07, 6.45) is -1.65. The van der Waals surface area contributed by atoms with Crippen molar-refractivity contribution in [2.24, 2.45) is 11.8 Å². The zero-order chi connectivity index (χ0) is 16.9. The molecule has 0 saturated carbocycles. The van der Waals surface area contributed by atoms with Crippen molar-refractivity contribution >= 4 is 18.3 Å². The van der Waals surface area contributed by atoms with Crippen molar-refractivity contribution in [3.05, 3.63) is 35.4 Å². The highest BCUT2D eigenvalue weighted by Crippen LogP contribution is 2.29. The van der Waals surface area contributed by atoms with Crippen LogP contribution in [0.5, 0.6) is 0 Å². The van der Waals surface area contributed by atoms with E-state index >= 15 is 0 Å². The molecule has 136 valence electrons. The van der Waals surface area contributed by atoms with E-state index in [0.29, 0.717) is 18.9 Å². The molecule has 2 N–H and O–H groups in total. The van der Waals surface area contributed by atoms with Crippen molar-refractivity contribution in [3.63, 3.8) is 0 Å². The third-order valence-electron chi connectivity index (χ3n) is 4.23. The number of hydrogen-bond donors (Lipinski definition) is 2. The van der Waals surface area contributed by atoms with E-state index < -0.39 is 11.7 Å². The van der Waals surface area contributed by atoms with Crippen molar-refractivity contribution in [1.82, 2.24) is 10.6 Å². The average Bonchev–Trinajstić information content (AvgIpc) is 2.53. The number of benzene rings is 1. The van der Waals surface area contributed by atoms with Gasteiger partial charge in [0.1, 0.15) is 0 Å². The fraction of sp³-hybridized carbons (Fsp3) is 0.588. The average molecular weight is 365 g/mol. The number of piperidine rings is 1. The third-order valence-corrected chi connectivity index (χ3v) is 4.23. The van der Waals surface area contributed by atoms with Crippen molar-refractivity contribution in [1.29, 1.82) is 0 Å². The van der Waals surface area contributed by atoms with Crippen LogP contribution in [0, 0.1) is 11.8 Å². The molecule has 1 aromatic carbocycles. The third kappa shape index (κ3) is 6.32. The van der Waals surface area contributed by atoms with E-state index in [2.05, 4.69) is 10.6 Å². The van der Waals surface area contributed by atoms with Gasteiger partial charge in [0, 0.05) is 12.5 Å². The van der Waals surface area contributed by atoms with E-state index in [-0.39, 0.29) is 24.2 Å². The molecule has 3 nitrogen and oxygen atoms in total. The highest BCUT2D eigenvalue weighted by atomic mass is 35.5. The summed E-state index contributed by atoms with van der Waals surface area (Å²) in [4.78, 5) is 12.1. The first kappa shape index (κ1) is 20.8. The second-order valence-electron chi connectivity index (χ2n) is 6.26. The van der Waals surface area contributed by atoms with Gasteiger partial charge in [-0.05, 0) is 56.0 Å². The fourth-order valence-electron chi connectivity index (χ4n) is 2.79. The molecule has 0 bridgehead atoms. The number of nitrogens with one attached hydrogen (secondary N) is 2. The van der Waals surface area contributed by atoms with Crippen LogP contribution >= 0.6 is 12.4 Å². The number of rotatable bonds is 5. The minimum Gasteiger partial charge on any atom is -0.356 e. The highest BCUT2D eigenvalue weighted by Gasteiger charge is 2.30. The Labute approximate surface area is 146 Å². The smallest absolute Gasteiger partial charge is 0.356 e. The molecule has 1 aromatic rings. The molecule has 2 atom stereocenters. The quantitative estimate of drug-likeness (QED) is 0.840. The Morgan fingerprint density at radius 2 is 2.00 bits per heavy atom. The van der Waals surface area contributed by atoms with E-state index in [4.69, 9.17) is 0 Å². The Bertz CT molecular complexity index is 514. The number of halogens is 4. The Hall–Kier alpha value is -1.27. The maximum Gasteiger partial charge on any atom is 0.416 e. The fourth-order valence-corrected chi connectivity index (χ4v) is 2.79. The zero-order valence-electron chi connectivity index (χ0n) is 13.7. The molecule has 1 fully saturated rings. The van der Waals surface area contributed by atoms with Crippen LogP contribution in [0.2, 0.25) is 0 Å². The van der Waals surface area contributed by atoms with Gasteiger partial charge in [0.25, 0.3) is 0 Å². The maximum atomic E-state index is 12.5. The minimum absolute atomic E-state index is 0. The highest BCUT2D eigenvalue weighted by molar-refractivity contribution is 5.85. The van der Waals surface area contributed by atoms with Crippen LogP contribution < -0.4 is 10.6 Å². The molecule has 2 unspecified atom stereocenters. The van der Waals surface area contributed by atoms with Crippen LogP contribution in [-0.4, -0.2) is 25.5 Å². The first-order chi connectivity index (χ1) is 10.9. The van der Waals surface area contributed by atoms with E-state index in [1.54, 1.807) is 6.92 Å². The predicted octanol–water partition coefficient (Wildman–Crippen LogP) is 3.42. The Kier molecular flexibility index (Phi) is 8.03. The summed E-state index contributed by atoms with van der Waals surface area (Å²) in [5, 5.41) is 6.25. The number of carbonyl (C=O) groups is 1. The van der Waals surface area contributed by atoms with Gasteiger partial charge in [-0.2, -0.15) is 13.2 Å². The lowest BCUT2D eigenvalue weighted by molar-refractivity contribution is -0.137. The molecule has 0 spiro atoms. The van der Waals surface area contributed by atoms with Crippen LogP contribution in [-0.2, 0) is 17.4 Å². The molecule has 1 saturated heterocycles. The second-order valence-corrected chi connectivity index (χ2v) is 6.26. The monoisotopic (exact) mass is 364 g/mol. The Morgan fingerprint density at radius 3 is 2.54 bits per heavy atom. The predicted molar refractivity (Wildman–Crippen MR) is 90.2 cm³/mol. The van der Waals surface area contributed by atoms with Gasteiger partial charge in [0.05, 0.1) is 5.56 Å². The number of alkyl halides is 3. The van der Waals surface area contributed by atoms with E-state index in [9.17, 15) is 18.0 Å². The lowest BCUT2D eigenvalue weighted by Gasteiger charge is -2.23. The van der Waals surface area contributed by atoms with E-state index in [1.807, 2.05) is 0 Å². The van der Waals surface area contributed by atoms with Gasteiger partial charge in [-0.1, -0.05) is 19.1 Å². The summed E-state index contributed by atoms with van der Waals surface area (Å²) < 4.78 is 37.6. The van der Waals surface area contributed by atoms with Crippen LogP contribution in [0.3, 0.4) is 0 Å². The number of hydrogen-bond acceptors (Lipinski definition) is 2. The Morgan fingerprint density at radius 1 is 1.33 bits per heavy atom.